The van der Waals surface area contributed by atoms with Crippen LogP contribution in [0, 0.1) is 24.7 Å². The Morgan fingerprint density at radius 3 is 2.53 bits per heavy atom. The summed E-state index contributed by atoms with van der Waals surface area (Å²) >= 11 is 0. The molecule has 2 fully saturated rings. The largest absolute Gasteiger partial charge is 0.396 e. The minimum Gasteiger partial charge on any atom is -0.396 e. The van der Waals surface area contributed by atoms with Gasteiger partial charge in [-0.1, -0.05) is 6.07 Å². The number of nitrogens with zero attached hydrogens (tertiary/aromatic N) is 2. The second-order valence-corrected chi connectivity index (χ2v) is 5.15. The van der Waals surface area contributed by atoms with Crippen LogP contribution in [-0.4, -0.2) is 34.9 Å². The zero-order chi connectivity index (χ0) is 12.0. The van der Waals surface area contributed by atoms with Gasteiger partial charge < -0.3 is 15.1 Å². The fourth-order valence-electron chi connectivity index (χ4n) is 3.03. The molecule has 0 aromatic carbocycles. The van der Waals surface area contributed by atoms with Crippen LogP contribution in [-0.2, 0) is 6.61 Å². The van der Waals surface area contributed by atoms with Crippen molar-refractivity contribution in [1.82, 2.24) is 4.98 Å². The summed E-state index contributed by atoms with van der Waals surface area (Å²) in [6.45, 7) is 4.35. The normalized spacial score (nSPS) is 30.5. The minimum absolute atomic E-state index is 0.0525. The first-order chi connectivity index (χ1) is 8.24. The highest BCUT2D eigenvalue weighted by molar-refractivity contribution is 5.44. The maximum Gasteiger partial charge on any atom is 0.128 e. The summed E-state index contributed by atoms with van der Waals surface area (Å²) in [4.78, 5) is 6.82. The molecule has 4 heteroatoms. The van der Waals surface area contributed by atoms with Crippen LogP contribution in [0.1, 0.15) is 11.3 Å². The number of aliphatic hydroxyl groups is 2. The number of anilines is 1. The lowest BCUT2D eigenvalue weighted by molar-refractivity contribution is 0.260. The topological polar surface area (TPSA) is 56.6 Å². The highest BCUT2D eigenvalue weighted by atomic mass is 16.3. The highest BCUT2D eigenvalue weighted by Crippen LogP contribution is 2.51. The Labute approximate surface area is 101 Å². The molecule has 2 unspecified atom stereocenters. The number of hydrogen-bond donors (Lipinski definition) is 2. The van der Waals surface area contributed by atoms with E-state index in [-0.39, 0.29) is 6.61 Å². The Hall–Kier alpha value is -1.13. The molecule has 0 amide bonds. The molecule has 1 aliphatic heterocycles. The predicted octanol–water partition coefficient (Wildman–Crippen LogP) is 0.557. The third-order valence-electron chi connectivity index (χ3n) is 4.26. The number of pyridine rings is 1. The van der Waals surface area contributed by atoms with E-state index in [1.807, 2.05) is 19.1 Å². The quantitative estimate of drug-likeness (QED) is 0.802. The molecule has 1 saturated heterocycles. The minimum atomic E-state index is 0.0525. The summed E-state index contributed by atoms with van der Waals surface area (Å²) in [5.74, 6) is 2.87. The average molecular weight is 234 g/mol. The molecule has 1 aliphatic carbocycles. The van der Waals surface area contributed by atoms with Crippen molar-refractivity contribution in [3.8, 4) is 0 Å². The lowest BCUT2D eigenvalue weighted by Crippen LogP contribution is -2.25. The van der Waals surface area contributed by atoms with Gasteiger partial charge in [-0.15, -0.1) is 0 Å². The summed E-state index contributed by atoms with van der Waals surface area (Å²) in [6, 6.07) is 3.93. The van der Waals surface area contributed by atoms with Crippen molar-refractivity contribution in [2.24, 2.45) is 17.8 Å². The molecular weight excluding hydrogens is 216 g/mol. The zero-order valence-electron chi connectivity index (χ0n) is 10.0. The fraction of sp³-hybridized carbons (Fsp3) is 0.615. The molecule has 0 radical (unpaired) electrons. The third-order valence-corrected chi connectivity index (χ3v) is 4.26. The Bertz CT molecular complexity index is 423. The van der Waals surface area contributed by atoms with Gasteiger partial charge in [0.1, 0.15) is 5.82 Å². The number of piperidine rings is 1. The molecule has 92 valence electrons. The average Bonchev–Trinajstić information content (AvgIpc) is 2.81. The maximum absolute atomic E-state index is 9.12. The summed E-state index contributed by atoms with van der Waals surface area (Å²) < 4.78 is 0. The molecular formula is C13H18N2O2. The number of fused-ring (bicyclic) bond motifs is 1. The van der Waals surface area contributed by atoms with Gasteiger partial charge in [-0.25, -0.2) is 4.98 Å². The van der Waals surface area contributed by atoms with Gasteiger partial charge in [0.05, 0.1) is 6.61 Å². The summed E-state index contributed by atoms with van der Waals surface area (Å²) in [7, 11) is 0. The molecule has 0 bridgehead atoms. The number of hydrogen-bond acceptors (Lipinski definition) is 4. The third kappa shape index (κ3) is 1.72. The molecule has 2 aliphatic rings. The smallest absolute Gasteiger partial charge is 0.128 e. The number of rotatable bonds is 3. The first-order valence-electron chi connectivity index (χ1n) is 6.17. The van der Waals surface area contributed by atoms with E-state index >= 15 is 0 Å². The van der Waals surface area contributed by atoms with Gasteiger partial charge in [-0.05, 0) is 36.3 Å². The summed E-state index contributed by atoms with van der Waals surface area (Å²) in [6.07, 6.45) is 0. The Balaban J connectivity index is 1.73. The van der Waals surface area contributed by atoms with E-state index in [9.17, 15) is 0 Å². The van der Waals surface area contributed by atoms with Crippen molar-refractivity contribution in [3.05, 3.63) is 23.4 Å². The van der Waals surface area contributed by atoms with E-state index in [2.05, 4.69) is 9.88 Å². The summed E-state index contributed by atoms with van der Waals surface area (Å²) in [5, 5.41) is 18.2. The van der Waals surface area contributed by atoms with Crippen molar-refractivity contribution >= 4 is 5.82 Å². The zero-order valence-corrected chi connectivity index (χ0v) is 10.0. The Morgan fingerprint density at radius 2 is 2.00 bits per heavy atom. The van der Waals surface area contributed by atoms with Crippen molar-refractivity contribution in [2.45, 2.75) is 13.5 Å². The van der Waals surface area contributed by atoms with Gasteiger partial charge >= 0.3 is 0 Å². The van der Waals surface area contributed by atoms with Crippen LogP contribution in [0.15, 0.2) is 12.1 Å². The van der Waals surface area contributed by atoms with Crippen LogP contribution >= 0.6 is 0 Å². The van der Waals surface area contributed by atoms with E-state index in [4.69, 9.17) is 10.2 Å². The first kappa shape index (κ1) is 11.0. The van der Waals surface area contributed by atoms with Crippen molar-refractivity contribution in [1.29, 1.82) is 0 Å². The van der Waals surface area contributed by atoms with Gasteiger partial charge in [0, 0.05) is 25.4 Å². The summed E-state index contributed by atoms with van der Waals surface area (Å²) in [5.41, 5.74) is 1.80. The lowest BCUT2D eigenvalue weighted by atomic mass is 10.2. The van der Waals surface area contributed by atoms with E-state index in [1.54, 1.807) is 0 Å². The Kier molecular flexibility index (Phi) is 2.56. The van der Waals surface area contributed by atoms with Crippen LogP contribution in [0.4, 0.5) is 5.82 Å². The highest BCUT2D eigenvalue weighted by Gasteiger charge is 2.55. The maximum atomic E-state index is 9.12. The van der Waals surface area contributed by atoms with Crippen LogP contribution in [0.25, 0.3) is 0 Å². The molecule has 2 heterocycles. The number of aromatic nitrogens is 1. The second-order valence-electron chi connectivity index (χ2n) is 5.15. The van der Waals surface area contributed by atoms with Gasteiger partial charge in [0.2, 0.25) is 0 Å². The molecule has 17 heavy (non-hydrogen) atoms. The van der Waals surface area contributed by atoms with Crippen molar-refractivity contribution in [3.63, 3.8) is 0 Å². The SMILES string of the molecule is Cc1nc(N2CC3C(CO)C3C2)ccc1CO. The standard InChI is InChI=1S/C13H18N2O2/c1-8-9(6-16)2-3-13(14-8)15-4-10-11(5-15)12(10)7-17/h2-3,10-12,16-17H,4-7H2,1H3. The molecule has 2 N–H and O–H groups in total. The van der Waals surface area contributed by atoms with Crippen LogP contribution < -0.4 is 4.90 Å². The van der Waals surface area contributed by atoms with Crippen molar-refractivity contribution < 1.29 is 10.2 Å². The van der Waals surface area contributed by atoms with Gasteiger partial charge in [-0.3, -0.25) is 0 Å². The van der Waals surface area contributed by atoms with Crippen LogP contribution in [0.5, 0.6) is 0 Å². The van der Waals surface area contributed by atoms with Crippen LogP contribution in [0.3, 0.4) is 0 Å². The van der Waals surface area contributed by atoms with Crippen molar-refractivity contribution in [2.75, 3.05) is 24.6 Å². The molecule has 1 aromatic heterocycles. The fourth-order valence-corrected chi connectivity index (χ4v) is 3.03. The van der Waals surface area contributed by atoms with Gasteiger partial charge in [0.15, 0.2) is 0 Å². The molecule has 1 saturated carbocycles. The predicted molar refractivity (Wildman–Crippen MR) is 64.7 cm³/mol. The monoisotopic (exact) mass is 234 g/mol. The second kappa shape index (κ2) is 3.96. The molecule has 4 nitrogen and oxygen atoms in total. The van der Waals surface area contributed by atoms with Gasteiger partial charge in [-0.2, -0.15) is 0 Å². The number of aliphatic hydroxyl groups excluding tert-OH is 2. The van der Waals surface area contributed by atoms with E-state index in [0.29, 0.717) is 24.4 Å². The lowest BCUT2D eigenvalue weighted by Gasteiger charge is -2.21. The molecule has 2 atom stereocenters. The molecule has 0 spiro atoms. The van der Waals surface area contributed by atoms with Gasteiger partial charge in [0.25, 0.3) is 0 Å². The molecule has 3 rings (SSSR count). The van der Waals surface area contributed by atoms with Crippen LogP contribution in [0.2, 0.25) is 0 Å². The van der Waals surface area contributed by atoms with E-state index < -0.39 is 0 Å². The first-order valence-corrected chi connectivity index (χ1v) is 6.17. The Morgan fingerprint density at radius 1 is 1.29 bits per heavy atom. The van der Waals surface area contributed by atoms with E-state index in [0.717, 1.165) is 30.2 Å². The van der Waals surface area contributed by atoms with E-state index in [1.165, 1.54) is 0 Å². The number of aryl methyl sites for hydroxylation is 1. The molecule has 1 aromatic rings.